The minimum absolute atomic E-state index is 0.457. The van der Waals surface area contributed by atoms with Crippen molar-refractivity contribution in [2.45, 2.75) is 57.9 Å². The van der Waals surface area contributed by atoms with Crippen molar-refractivity contribution in [3.63, 3.8) is 0 Å². The molecular formula is C16H25NS. The van der Waals surface area contributed by atoms with Gasteiger partial charge in [0.05, 0.1) is 6.04 Å². The first-order valence-corrected chi connectivity index (χ1v) is 8.17. The number of aryl methyl sites for hydroxylation is 1. The molecule has 1 N–H and O–H groups in total. The summed E-state index contributed by atoms with van der Waals surface area (Å²) in [4.78, 5) is 1.53. The molecule has 1 aromatic rings. The summed E-state index contributed by atoms with van der Waals surface area (Å²) in [6.45, 7) is 2.25. The van der Waals surface area contributed by atoms with Crippen LogP contribution >= 0.6 is 11.3 Å². The maximum atomic E-state index is 3.54. The van der Waals surface area contributed by atoms with Crippen LogP contribution in [0.15, 0.2) is 23.1 Å². The van der Waals surface area contributed by atoms with Gasteiger partial charge in [-0.2, -0.15) is 0 Å². The molecule has 0 radical (unpaired) electrons. The summed E-state index contributed by atoms with van der Waals surface area (Å²) < 4.78 is 0. The lowest BCUT2D eigenvalue weighted by atomic mass is 9.93. The summed E-state index contributed by atoms with van der Waals surface area (Å²) >= 11 is 1.91. The van der Waals surface area contributed by atoms with Crippen LogP contribution in [-0.2, 0) is 6.42 Å². The lowest BCUT2D eigenvalue weighted by molar-refractivity contribution is 0.576. The Balaban J connectivity index is 2.21. The highest BCUT2D eigenvalue weighted by atomic mass is 32.1. The highest BCUT2D eigenvalue weighted by molar-refractivity contribution is 7.10. The van der Waals surface area contributed by atoms with Crippen molar-refractivity contribution in [1.29, 1.82) is 0 Å². The molecule has 0 aliphatic heterocycles. The zero-order valence-corrected chi connectivity index (χ0v) is 12.5. The van der Waals surface area contributed by atoms with Crippen LogP contribution < -0.4 is 5.32 Å². The van der Waals surface area contributed by atoms with Gasteiger partial charge in [-0.15, -0.1) is 11.3 Å². The second-order valence-corrected chi connectivity index (χ2v) is 6.06. The molecule has 100 valence electrons. The first-order chi connectivity index (χ1) is 8.86. The lowest BCUT2D eigenvalue weighted by Crippen LogP contribution is -2.19. The van der Waals surface area contributed by atoms with Gasteiger partial charge in [-0.05, 0) is 56.2 Å². The maximum absolute atomic E-state index is 3.54. The summed E-state index contributed by atoms with van der Waals surface area (Å²) in [5.74, 6) is 0. The van der Waals surface area contributed by atoms with E-state index in [2.05, 4.69) is 36.8 Å². The Kier molecular flexibility index (Phi) is 5.45. The van der Waals surface area contributed by atoms with Crippen LogP contribution in [0.25, 0.3) is 0 Å². The normalized spacial score (nSPS) is 21.8. The van der Waals surface area contributed by atoms with E-state index in [1.165, 1.54) is 49.0 Å². The van der Waals surface area contributed by atoms with Crippen molar-refractivity contribution < 1.29 is 0 Å². The Hall–Kier alpha value is -0.600. The SMILES string of the molecule is CCc1ccsc1C(NC)/C1=C/CCCCCC1. The Morgan fingerprint density at radius 2 is 2.11 bits per heavy atom. The van der Waals surface area contributed by atoms with E-state index in [9.17, 15) is 0 Å². The fourth-order valence-electron chi connectivity index (χ4n) is 2.86. The highest BCUT2D eigenvalue weighted by Gasteiger charge is 2.19. The molecule has 2 rings (SSSR count). The van der Waals surface area contributed by atoms with Crippen molar-refractivity contribution in [2.24, 2.45) is 0 Å². The molecule has 1 unspecified atom stereocenters. The van der Waals surface area contributed by atoms with Gasteiger partial charge in [0.2, 0.25) is 0 Å². The average molecular weight is 263 g/mol. The van der Waals surface area contributed by atoms with Gasteiger partial charge in [0.1, 0.15) is 0 Å². The van der Waals surface area contributed by atoms with Crippen molar-refractivity contribution in [2.75, 3.05) is 7.05 Å². The number of nitrogens with one attached hydrogen (secondary N) is 1. The molecule has 0 amide bonds. The molecule has 2 heteroatoms. The van der Waals surface area contributed by atoms with E-state index in [1.807, 2.05) is 11.3 Å². The van der Waals surface area contributed by atoms with E-state index in [1.54, 1.807) is 5.57 Å². The van der Waals surface area contributed by atoms with E-state index in [0.29, 0.717) is 6.04 Å². The third kappa shape index (κ3) is 3.24. The van der Waals surface area contributed by atoms with E-state index in [4.69, 9.17) is 0 Å². The topological polar surface area (TPSA) is 12.0 Å². The van der Waals surface area contributed by atoms with Gasteiger partial charge in [0, 0.05) is 4.88 Å². The molecule has 1 heterocycles. The zero-order valence-electron chi connectivity index (χ0n) is 11.7. The first-order valence-electron chi connectivity index (χ1n) is 7.29. The number of likely N-dealkylation sites (N-methyl/N-ethyl adjacent to an activating group) is 1. The third-order valence-corrected chi connectivity index (χ3v) is 4.93. The van der Waals surface area contributed by atoms with Crippen molar-refractivity contribution in [3.05, 3.63) is 33.5 Å². The Labute approximate surface area is 115 Å². The largest absolute Gasteiger partial charge is 0.309 e. The summed E-state index contributed by atoms with van der Waals surface area (Å²) in [5.41, 5.74) is 3.14. The van der Waals surface area contributed by atoms with Gasteiger partial charge in [0.25, 0.3) is 0 Å². The molecule has 1 aliphatic carbocycles. The summed E-state index contributed by atoms with van der Waals surface area (Å²) in [6, 6.07) is 2.74. The van der Waals surface area contributed by atoms with Crippen LogP contribution in [0.5, 0.6) is 0 Å². The van der Waals surface area contributed by atoms with E-state index < -0.39 is 0 Å². The second-order valence-electron chi connectivity index (χ2n) is 5.12. The zero-order chi connectivity index (χ0) is 12.8. The number of allylic oxidation sites excluding steroid dienone is 1. The molecule has 18 heavy (non-hydrogen) atoms. The summed E-state index contributed by atoms with van der Waals surface area (Å²) in [6.07, 6.45) is 11.7. The summed E-state index contributed by atoms with van der Waals surface area (Å²) in [5, 5.41) is 5.78. The van der Waals surface area contributed by atoms with Gasteiger partial charge >= 0.3 is 0 Å². The number of hydrogen-bond donors (Lipinski definition) is 1. The van der Waals surface area contributed by atoms with Gasteiger partial charge in [-0.3, -0.25) is 0 Å². The highest BCUT2D eigenvalue weighted by Crippen LogP contribution is 2.33. The fraction of sp³-hybridized carbons (Fsp3) is 0.625. The quantitative estimate of drug-likeness (QED) is 0.766. The first kappa shape index (κ1) is 13.8. The van der Waals surface area contributed by atoms with Crippen molar-refractivity contribution >= 4 is 11.3 Å². The predicted molar refractivity (Wildman–Crippen MR) is 81.3 cm³/mol. The summed E-state index contributed by atoms with van der Waals surface area (Å²) in [7, 11) is 2.10. The second kappa shape index (κ2) is 7.10. The van der Waals surface area contributed by atoms with Crippen LogP contribution in [0.1, 0.15) is 61.9 Å². The van der Waals surface area contributed by atoms with Gasteiger partial charge in [-0.1, -0.05) is 31.4 Å². The molecule has 0 spiro atoms. The van der Waals surface area contributed by atoms with Crippen LogP contribution in [0.4, 0.5) is 0 Å². The van der Waals surface area contributed by atoms with Crippen molar-refractivity contribution in [3.8, 4) is 0 Å². The molecule has 0 fully saturated rings. The standard InChI is InChI=1S/C16H25NS/c1-3-13-11-12-18-16(13)15(17-2)14-9-7-5-4-6-8-10-14/h9,11-12,15,17H,3-8,10H2,1-2H3/b14-9+. The Morgan fingerprint density at radius 3 is 2.89 bits per heavy atom. The Bertz CT molecular complexity index is 392. The van der Waals surface area contributed by atoms with Crippen LogP contribution in [-0.4, -0.2) is 7.05 Å². The minimum atomic E-state index is 0.457. The monoisotopic (exact) mass is 263 g/mol. The Morgan fingerprint density at radius 1 is 1.28 bits per heavy atom. The van der Waals surface area contributed by atoms with E-state index in [0.717, 1.165) is 6.42 Å². The molecular weight excluding hydrogens is 238 g/mol. The van der Waals surface area contributed by atoms with E-state index >= 15 is 0 Å². The average Bonchev–Trinajstić information content (AvgIpc) is 2.80. The van der Waals surface area contributed by atoms with Crippen molar-refractivity contribution in [1.82, 2.24) is 5.32 Å². The number of rotatable bonds is 4. The van der Waals surface area contributed by atoms with Gasteiger partial charge in [0.15, 0.2) is 0 Å². The molecule has 0 bridgehead atoms. The molecule has 0 aromatic carbocycles. The smallest absolute Gasteiger partial charge is 0.0630 e. The molecule has 1 nitrogen and oxygen atoms in total. The number of thiophene rings is 1. The minimum Gasteiger partial charge on any atom is -0.309 e. The van der Waals surface area contributed by atoms with Crippen LogP contribution in [0.2, 0.25) is 0 Å². The third-order valence-electron chi connectivity index (χ3n) is 3.91. The molecule has 1 aromatic heterocycles. The van der Waals surface area contributed by atoms with E-state index in [-0.39, 0.29) is 0 Å². The number of hydrogen-bond acceptors (Lipinski definition) is 2. The lowest BCUT2D eigenvalue weighted by Gasteiger charge is -2.22. The molecule has 0 saturated heterocycles. The molecule has 0 saturated carbocycles. The molecule has 1 aliphatic rings. The fourth-order valence-corrected chi connectivity index (χ4v) is 4.00. The van der Waals surface area contributed by atoms with Gasteiger partial charge < -0.3 is 5.32 Å². The maximum Gasteiger partial charge on any atom is 0.0630 e. The van der Waals surface area contributed by atoms with Crippen LogP contribution in [0, 0.1) is 0 Å². The predicted octanol–water partition coefficient (Wildman–Crippen LogP) is 4.85. The van der Waals surface area contributed by atoms with Gasteiger partial charge in [-0.25, -0.2) is 0 Å². The van der Waals surface area contributed by atoms with Crippen LogP contribution in [0.3, 0.4) is 0 Å². The molecule has 1 atom stereocenters.